The van der Waals surface area contributed by atoms with Crippen LogP contribution in [0.15, 0.2) is 53.7 Å². The molecule has 2 unspecified atom stereocenters. The molecule has 3 aliphatic rings. The number of nitrogens with zero attached hydrogens (tertiary/aromatic N) is 5. The normalized spacial score (nSPS) is 21.7. The maximum absolute atomic E-state index is 13.6. The lowest BCUT2D eigenvalue weighted by Gasteiger charge is -2.38. The van der Waals surface area contributed by atoms with Crippen molar-refractivity contribution in [1.82, 2.24) is 14.7 Å². The minimum absolute atomic E-state index is 0.347. The van der Waals surface area contributed by atoms with Crippen molar-refractivity contribution in [2.24, 2.45) is 4.99 Å². The number of hydrogen-bond donors (Lipinski definition) is 0. The van der Waals surface area contributed by atoms with Gasteiger partial charge in [0, 0.05) is 31.9 Å². The van der Waals surface area contributed by atoms with Gasteiger partial charge in [-0.1, -0.05) is 0 Å². The lowest BCUT2D eigenvalue weighted by Crippen LogP contribution is -2.63. The molecule has 0 bridgehead atoms. The zero-order valence-corrected chi connectivity index (χ0v) is 18.5. The van der Waals surface area contributed by atoms with Crippen LogP contribution in [0, 0.1) is 5.82 Å². The third-order valence-corrected chi connectivity index (χ3v) is 6.10. The predicted molar refractivity (Wildman–Crippen MR) is 119 cm³/mol. The molecule has 1 fully saturated rings. The summed E-state index contributed by atoms with van der Waals surface area (Å²) < 4.78 is 24.6. The Balaban J connectivity index is 1.67. The van der Waals surface area contributed by atoms with Gasteiger partial charge in [-0.3, -0.25) is 19.5 Å². The number of ether oxygens (including phenoxy) is 2. The highest BCUT2D eigenvalue weighted by atomic mass is 19.1. The van der Waals surface area contributed by atoms with Gasteiger partial charge in [-0.05, 0) is 36.4 Å². The van der Waals surface area contributed by atoms with E-state index >= 15 is 0 Å². The topological polar surface area (TPSA) is 77.9 Å². The zero-order chi connectivity index (χ0) is 23.4. The van der Waals surface area contributed by atoms with Crippen molar-refractivity contribution in [2.75, 3.05) is 33.2 Å². The molecule has 10 heteroatoms. The first-order valence-electron chi connectivity index (χ1n) is 10.3. The third-order valence-electron chi connectivity index (χ3n) is 6.10. The van der Waals surface area contributed by atoms with E-state index in [0.717, 1.165) is 10.5 Å². The number of urea groups is 1. The van der Waals surface area contributed by atoms with Crippen LogP contribution < -0.4 is 14.4 Å². The molecular weight excluding hydrogens is 429 g/mol. The fraction of sp³-hybridized carbons (Fsp3) is 0.261. The van der Waals surface area contributed by atoms with Crippen LogP contribution in [0.5, 0.6) is 11.5 Å². The average Bonchev–Trinajstić information content (AvgIpc) is 3.38. The molecule has 2 aromatic carbocycles. The van der Waals surface area contributed by atoms with E-state index in [1.54, 1.807) is 56.6 Å². The quantitative estimate of drug-likeness (QED) is 0.711. The van der Waals surface area contributed by atoms with Gasteiger partial charge in [0.05, 0.1) is 25.6 Å². The first-order valence-corrected chi connectivity index (χ1v) is 10.3. The number of imide groups is 1. The molecule has 2 atom stereocenters. The van der Waals surface area contributed by atoms with E-state index in [1.165, 1.54) is 24.1 Å². The number of hydrogen-bond acceptors (Lipinski definition) is 7. The second kappa shape index (κ2) is 7.51. The monoisotopic (exact) mass is 451 g/mol. The zero-order valence-electron chi connectivity index (χ0n) is 18.5. The number of likely N-dealkylation sites (N-methyl/N-ethyl adjacent to an activating group) is 2. The molecule has 0 radical (unpaired) electrons. The predicted octanol–water partition coefficient (Wildman–Crippen LogP) is 2.55. The Morgan fingerprint density at radius 2 is 1.73 bits per heavy atom. The molecule has 3 heterocycles. The second-order valence-electron chi connectivity index (χ2n) is 7.88. The number of benzene rings is 2. The van der Waals surface area contributed by atoms with Crippen LogP contribution in [0.3, 0.4) is 0 Å². The van der Waals surface area contributed by atoms with E-state index in [4.69, 9.17) is 14.5 Å². The number of methoxy groups -OCH3 is 2. The van der Waals surface area contributed by atoms with Gasteiger partial charge >= 0.3 is 6.03 Å². The van der Waals surface area contributed by atoms with Crippen LogP contribution in [0.2, 0.25) is 0 Å². The number of halogens is 1. The second-order valence-corrected chi connectivity index (χ2v) is 7.88. The Morgan fingerprint density at radius 3 is 2.39 bits per heavy atom. The van der Waals surface area contributed by atoms with E-state index < -0.39 is 18.2 Å². The first-order chi connectivity index (χ1) is 15.8. The van der Waals surface area contributed by atoms with Gasteiger partial charge in [-0.2, -0.15) is 0 Å². The Labute approximate surface area is 189 Å². The molecule has 1 saturated heterocycles. The van der Waals surface area contributed by atoms with Crippen LogP contribution in [0.1, 0.15) is 5.56 Å². The van der Waals surface area contributed by atoms with E-state index in [9.17, 15) is 14.0 Å². The fourth-order valence-corrected chi connectivity index (χ4v) is 4.35. The van der Waals surface area contributed by atoms with Gasteiger partial charge in [0.1, 0.15) is 17.3 Å². The average molecular weight is 451 g/mol. The summed E-state index contributed by atoms with van der Waals surface area (Å²) in [5, 5.41) is 0. The van der Waals surface area contributed by atoms with E-state index in [-0.39, 0.29) is 11.7 Å². The lowest BCUT2D eigenvalue weighted by atomic mass is 10.1. The van der Waals surface area contributed by atoms with Crippen molar-refractivity contribution in [2.45, 2.75) is 12.2 Å². The highest BCUT2D eigenvalue weighted by Crippen LogP contribution is 2.43. The van der Waals surface area contributed by atoms with Crippen molar-refractivity contribution in [3.63, 3.8) is 0 Å². The molecule has 3 amide bonds. The number of rotatable bonds is 4. The van der Waals surface area contributed by atoms with Gasteiger partial charge in [0.25, 0.3) is 5.91 Å². The van der Waals surface area contributed by atoms with Crippen LogP contribution >= 0.6 is 0 Å². The van der Waals surface area contributed by atoms with E-state index in [0.29, 0.717) is 28.8 Å². The minimum Gasteiger partial charge on any atom is -0.497 e. The number of carbonyl (C=O) groups is 2. The van der Waals surface area contributed by atoms with Crippen LogP contribution in [0.4, 0.5) is 14.9 Å². The summed E-state index contributed by atoms with van der Waals surface area (Å²) in [6.45, 7) is 0. The molecule has 0 saturated carbocycles. The Bertz CT molecular complexity index is 1210. The summed E-state index contributed by atoms with van der Waals surface area (Å²) in [7, 11) is 6.20. The van der Waals surface area contributed by atoms with Crippen molar-refractivity contribution in [3.05, 3.63) is 60.0 Å². The molecule has 170 valence electrons. The molecule has 0 aromatic heterocycles. The largest absolute Gasteiger partial charge is 0.497 e. The lowest BCUT2D eigenvalue weighted by molar-refractivity contribution is -0.135. The summed E-state index contributed by atoms with van der Waals surface area (Å²) in [6, 6.07) is 10.3. The van der Waals surface area contributed by atoms with E-state index in [1.807, 2.05) is 11.0 Å². The molecule has 0 spiro atoms. The molecule has 2 aromatic rings. The van der Waals surface area contributed by atoms with Gasteiger partial charge < -0.3 is 14.4 Å². The van der Waals surface area contributed by atoms with Gasteiger partial charge in [-0.25, -0.2) is 14.2 Å². The van der Waals surface area contributed by atoms with E-state index in [2.05, 4.69) is 0 Å². The van der Waals surface area contributed by atoms with Crippen molar-refractivity contribution in [1.29, 1.82) is 0 Å². The third kappa shape index (κ3) is 3.01. The standard InChI is InChI=1S/C23H22FN5O4/c1-26-20-19(21(30)27(2)23(26)31)28-12-17(13-5-7-14(24)8-6-13)29(22(28)25-20)16-10-9-15(32-3)11-18(16)33-4/h5-12,19-20H,1-4H3. The van der Waals surface area contributed by atoms with Crippen molar-refractivity contribution in [3.8, 4) is 11.5 Å². The Morgan fingerprint density at radius 1 is 1.00 bits per heavy atom. The van der Waals surface area contributed by atoms with Crippen molar-refractivity contribution >= 4 is 29.3 Å². The number of carbonyl (C=O) groups excluding carboxylic acids is 2. The Hall–Kier alpha value is -4.08. The Kier molecular flexibility index (Phi) is 4.73. The van der Waals surface area contributed by atoms with Gasteiger partial charge in [0.15, 0.2) is 12.2 Å². The SMILES string of the molecule is COc1ccc(N2C(c3ccc(F)cc3)=CN3C2=NC2C3C(=O)N(C)C(=O)N2C)c(OC)c1. The number of aliphatic imine (C=N–C) groups is 1. The van der Waals surface area contributed by atoms with Gasteiger partial charge in [-0.15, -0.1) is 0 Å². The number of guanidine groups is 1. The number of anilines is 1. The molecule has 9 nitrogen and oxygen atoms in total. The highest BCUT2D eigenvalue weighted by molar-refractivity contribution is 6.16. The number of fused-ring (bicyclic) bond motifs is 3. The van der Waals surface area contributed by atoms with Crippen LogP contribution in [0.25, 0.3) is 5.70 Å². The summed E-state index contributed by atoms with van der Waals surface area (Å²) in [4.78, 5) is 36.5. The summed E-state index contributed by atoms with van der Waals surface area (Å²) in [6.07, 6.45) is 1.13. The van der Waals surface area contributed by atoms with Crippen molar-refractivity contribution < 1.29 is 23.5 Å². The highest BCUT2D eigenvalue weighted by Gasteiger charge is 2.54. The van der Waals surface area contributed by atoms with Crippen LogP contribution in [-0.2, 0) is 4.79 Å². The molecule has 0 aliphatic carbocycles. The summed E-state index contributed by atoms with van der Waals surface area (Å²) in [5.41, 5.74) is 2.07. The molecule has 5 rings (SSSR count). The summed E-state index contributed by atoms with van der Waals surface area (Å²) >= 11 is 0. The molecule has 0 N–H and O–H groups in total. The maximum Gasteiger partial charge on any atom is 0.328 e. The fourth-order valence-electron chi connectivity index (χ4n) is 4.35. The maximum atomic E-state index is 13.6. The minimum atomic E-state index is -0.711. The summed E-state index contributed by atoms with van der Waals surface area (Å²) in [5.74, 6) is 0.905. The molecule has 33 heavy (non-hydrogen) atoms. The smallest absolute Gasteiger partial charge is 0.328 e. The molecule has 3 aliphatic heterocycles. The molecular formula is C23H22FN5O4. The van der Waals surface area contributed by atoms with Crippen LogP contribution in [-0.4, -0.2) is 73.1 Å². The first kappa shape index (κ1) is 20.8. The number of amides is 3. The van der Waals surface area contributed by atoms with Gasteiger partial charge in [0.2, 0.25) is 5.96 Å².